The van der Waals surface area contributed by atoms with Gasteiger partial charge in [0.1, 0.15) is 5.60 Å². The Morgan fingerprint density at radius 1 is 1.82 bits per heavy atom. The first kappa shape index (κ1) is 8.49. The van der Waals surface area contributed by atoms with Gasteiger partial charge in [-0.15, -0.1) is 0 Å². The maximum atomic E-state index is 10.3. The predicted molar refractivity (Wildman–Crippen MR) is 37.2 cm³/mol. The number of hydrogen-bond acceptors (Lipinski definition) is 3. The van der Waals surface area contributed by atoms with Gasteiger partial charge < -0.3 is 14.9 Å². The van der Waals surface area contributed by atoms with E-state index in [1.165, 1.54) is 0 Å². The topological polar surface area (TPSA) is 66.8 Å². The first-order valence-electron chi connectivity index (χ1n) is 3.56. The highest BCUT2D eigenvalue weighted by atomic mass is 16.5. The smallest absolute Gasteiger partial charge is 0.306 e. The average Bonchev–Trinajstić information content (AvgIpc) is 2.11. The number of ether oxygens (including phenoxy) is 1. The molecule has 2 atom stereocenters. The van der Waals surface area contributed by atoms with Gasteiger partial charge >= 0.3 is 5.97 Å². The molecule has 64 valence electrons. The molecule has 2 unspecified atom stereocenters. The Morgan fingerprint density at radius 2 is 2.45 bits per heavy atom. The standard InChI is InChI=1S/C7H12O4/c1-5-3-11-4-7(5,10)2-6(8)9/h5,10H,2-4H2,1H3,(H,8,9). The second-order valence-electron chi connectivity index (χ2n) is 3.09. The van der Waals surface area contributed by atoms with E-state index in [0.717, 1.165) is 0 Å². The van der Waals surface area contributed by atoms with Crippen LogP contribution in [0.3, 0.4) is 0 Å². The quantitative estimate of drug-likeness (QED) is 0.590. The van der Waals surface area contributed by atoms with Crippen molar-refractivity contribution in [2.24, 2.45) is 5.92 Å². The molecule has 1 aliphatic heterocycles. The van der Waals surface area contributed by atoms with E-state index in [-0.39, 0.29) is 18.9 Å². The zero-order valence-corrected chi connectivity index (χ0v) is 6.41. The number of aliphatic hydroxyl groups is 1. The van der Waals surface area contributed by atoms with E-state index < -0.39 is 11.6 Å². The van der Waals surface area contributed by atoms with E-state index in [1.807, 2.05) is 0 Å². The SMILES string of the molecule is CC1COCC1(O)CC(=O)O. The van der Waals surface area contributed by atoms with Crippen molar-refractivity contribution in [1.82, 2.24) is 0 Å². The fourth-order valence-corrected chi connectivity index (χ4v) is 1.20. The van der Waals surface area contributed by atoms with E-state index in [0.29, 0.717) is 6.61 Å². The van der Waals surface area contributed by atoms with Crippen LogP contribution in [0.15, 0.2) is 0 Å². The van der Waals surface area contributed by atoms with Crippen molar-refractivity contribution in [2.75, 3.05) is 13.2 Å². The van der Waals surface area contributed by atoms with Crippen LogP contribution in [-0.4, -0.2) is 35.0 Å². The van der Waals surface area contributed by atoms with Crippen LogP contribution >= 0.6 is 0 Å². The molecular weight excluding hydrogens is 148 g/mol. The highest BCUT2D eigenvalue weighted by Crippen LogP contribution is 2.27. The van der Waals surface area contributed by atoms with E-state index in [4.69, 9.17) is 9.84 Å². The van der Waals surface area contributed by atoms with Crippen molar-refractivity contribution in [3.05, 3.63) is 0 Å². The fourth-order valence-electron chi connectivity index (χ4n) is 1.20. The molecule has 4 nitrogen and oxygen atoms in total. The molecule has 0 aromatic heterocycles. The lowest BCUT2D eigenvalue weighted by Crippen LogP contribution is -2.38. The Bertz CT molecular complexity index is 168. The number of hydrogen-bond donors (Lipinski definition) is 2. The Morgan fingerprint density at radius 3 is 2.82 bits per heavy atom. The average molecular weight is 160 g/mol. The van der Waals surface area contributed by atoms with Crippen LogP contribution in [0.1, 0.15) is 13.3 Å². The Labute approximate surface area is 64.8 Å². The van der Waals surface area contributed by atoms with E-state index in [2.05, 4.69) is 0 Å². The molecule has 4 heteroatoms. The summed E-state index contributed by atoms with van der Waals surface area (Å²) in [5.41, 5.74) is -1.15. The van der Waals surface area contributed by atoms with Crippen LogP contribution in [0.5, 0.6) is 0 Å². The maximum Gasteiger partial charge on any atom is 0.306 e. The fraction of sp³-hybridized carbons (Fsp3) is 0.857. The number of rotatable bonds is 2. The molecule has 0 aromatic carbocycles. The number of carboxylic acid groups (broad SMARTS) is 1. The lowest BCUT2D eigenvalue weighted by molar-refractivity contribution is -0.143. The minimum atomic E-state index is -1.15. The summed E-state index contributed by atoms with van der Waals surface area (Å²) >= 11 is 0. The molecule has 1 rings (SSSR count). The highest BCUT2D eigenvalue weighted by molar-refractivity contribution is 5.68. The Balaban J connectivity index is 2.58. The van der Waals surface area contributed by atoms with Gasteiger partial charge in [0.05, 0.1) is 19.6 Å². The van der Waals surface area contributed by atoms with Gasteiger partial charge in [0, 0.05) is 5.92 Å². The Kier molecular flexibility index (Phi) is 2.15. The zero-order valence-electron chi connectivity index (χ0n) is 6.41. The predicted octanol–water partition coefficient (Wildman–Crippen LogP) is -0.142. The van der Waals surface area contributed by atoms with Crippen molar-refractivity contribution in [3.8, 4) is 0 Å². The van der Waals surface area contributed by atoms with Crippen LogP contribution in [0.2, 0.25) is 0 Å². The molecule has 0 amide bonds. The number of carbonyl (C=O) groups is 1. The van der Waals surface area contributed by atoms with Crippen LogP contribution in [0.25, 0.3) is 0 Å². The summed E-state index contributed by atoms with van der Waals surface area (Å²) in [6.07, 6.45) is -0.228. The van der Waals surface area contributed by atoms with Gasteiger partial charge in [0.25, 0.3) is 0 Å². The molecule has 0 saturated carbocycles. The third-order valence-electron chi connectivity index (χ3n) is 2.09. The summed E-state index contributed by atoms with van der Waals surface area (Å²) in [6.45, 7) is 2.38. The molecule has 0 radical (unpaired) electrons. The number of carboxylic acids is 1. The first-order chi connectivity index (χ1) is 5.04. The largest absolute Gasteiger partial charge is 0.481 e. The van der Waals surface area contributed by atoms with Crippen molar-refractivity contribution in [3.63, 3.8) is 0 Å². The van der Waals surface area contributed by atoms with Gasteiger partial charge in [-0.1, -0.05) is 6.92 Å². The van der Waals surface area contributed by atoms with E-state index in [1.54, 1.807) is 6.92 Å². The monoisotopic (exact) mass is 160 g/mol. The summed E-state index contributed by atoms with van der Waals surface area (Å²) in [6, 6.07) is 0. The molecule has 1 fully saturated rings. The minimum Gasteiger partial charge on any atom is -0.481 e. The molecular formula is C7H12O4. The third kappa shape index (κ3) is 1.70. The van der Waals surface area contributed by atoms with Gasteiger partial charge in [-0.05, 0) is 0 Å². The molecule has 1 saturated heterocycles. The van der Waals surface area contributed by atoms with Crippen molar-refractivity contribution in [2.45, 2.75) is 18.9 Å². The highest BCUT2D eigenvalue weighted by Gasteiger charge is 2.41. The molecule has 0 spiro atoms. The summed E-state index contributed by atoms with van der Waals surface area (Å²) < 4.78 is 4.96. The molecule has 1 heterocycles. The lowest BCUT2D eigenvalue weighted by atomic mass is 9.89. The second-order valence-corrected chi connectivity index (χ2v) is 3.09. The van der Waals surface area contributed by atoms with Crippen LogP contribution in [0.4, 0.5) is 0 Å². The summed E-state index contributed by atoms with van der Waals surface area (Å²) in [5, 5.41) is 18.1. The molecule has 0 aromatic rings. The van der Waals surface area contributed by atoms with E-state index in [9.17, 15) is 9.90 Å². The maximum absolute atomic E-state index is 10.3. The van der Waals surface area contributed by atoms with Gasteiger partial charge in [0.2, 0.25) is 0 Å². The van der Waals surface area contributed by atoms with Crippen LogP contribution < -0.4 is 0 Å². The zero-order chi connectivity index (χ0) is 8.48. The summed E-state index contributed by atoms with van der Waals surface area (Å²) in [7, 11) is 0. The van der Waals surface area contributed by atoms with Crippen LogP contribution in [0, 0.1) is 5.92 Å². The van der Waals surface area contributed by atoms with Crippen molar-refractivity contribution >= 4 is 5.97 Å². The van der Waals surface area contributed by atoms with Crippen molar-refractivity contribution in [1.29, 1.82) is 0 Å². The summed E-state index contributed by atoms with van der Waals surface area (Å²) in [5.74, 6) is -1.07. The van der Waals surface area contributed by atoms with Gasteiger partial charge in [-0.3, -0.25) is 4.79 Å². The second kappa shape index (κ2) is 2.79. The first-order valence-corrected chi connectivity index (χ1v) is 3.56. The van der Waals surface area contributed by atoms with Gasteiger partial charge in [0.15, 0.2) is 0 Å². The molecule has 2 N–H and O–H groups in total. The molecule has 1 aliphatic rings. The summed E-state index contributed by atoms with van der Waals surface area (Å²) in [4.78, 5) is 10.3. The Hall–Kier alpha value is -0.610. The van der Waals surface area contributed by atoms with Crippen LogP contribution in [-0.2, 0) is 9.53 Å². The lowest BCUT2D eigenvalue weighted by Gasteiger charge is -2.22. The third-order valence-corrected chi connectivity index (χ3v) is 2.09. The molecule has 11 heavy (non-hydrogen) atoms. The van der Waals surface area contributed by atoms with Crippen molar-refractivity contribution < 1.29 is 19.7 Å². The van der Waals surface area contributed by atoms with Gasteiger partial charge in [-0.25, -0.2) is 0 Å². The molecule has 0 bridgehead atoms. The van der Waals surface area contributed by atoms with Gasteiger partial charge in [-0.2, -0.15) is 0 Å². The number of aliphatic carboxylic acids is 1. The normalized spacial score (nSPS) is 37.5. The van der Waals surface area contributed by atoms with E-state index >= 15 is 0 Å². The molecule has 0 aliphatic carbocycles. The minimum absolute atomic E-state index is 0.0846.